The number of aliphatic hydroxyl groups is 1. The number of amides is 1. The van der Waals surface area contributed by atoms with Crippen LogP contribution in [-0.4, -0.2) is 47.7 Å². The molecule has 0 spiro atoms. The molecule has 230 valence electrons. The molecule has 3 aromatic rings. The summed E-state index contributed by atoms with van der Waals surface area (Å²) < 4.78 is 27.8. The number of benzene rings is 3. The molecule has 0 unspecified atom stereocenters. The van der Waals surface area contributed by atoms with Gasteiger partial charge in [-0.05, 0) is 84.3 Å². The van der Waals surface area contributed by atoms with E-state index in [-0.39, 0.29) is 43.7 Å². The standard InChI is InChI=1S/C33H41F2N3O2.2ClH/c1-3-5-12-38-13-11-26-9-10-27(18-28(26)22-38)33(40)37-31(17-25-15-29(34)19-30(35)16-25)32(39)21-36-20-24-8-6-7-23(4-2)14-24;;/h6-10,14-16,18-19,31-32,36,39H,3-5,11-13,17,20-22H2,1-2H3,(H,37,40);2*1H/t31-,32-;;/m0../s1. The number of unbranched alkanes of at least 4 members (excludes halogenated alkanes) is 1. The predicted molar refractivity (Wildman–Crippen MR) is 170 cm³/mol. The van der Waals surface area contributed by atoms with Gasteiger partial charge in [-0.1, -0.05) is 50.6 Å². The summed E-state index contributed by atoms with van der Waals surface area (Å²) in [5.41, 5.74) is 5.62. The van der Waals surface area contributed by atoms with Gasteiger partial charge in [-0.25, -0.2) is 8.78 Å². The van der Waals surface area contributed by atoms with Crippen LogP contribution >= 0.6 is 24.8 Å². The number of hydrogen-bond acceptors (Lipinski definition) is 4. The van der Waals surface area contributed by atoms with Gasteiger partial charge in [-0.3, -0.25) is 9.69 Å². The summed E-state index contributed by atoms with van der Waals surface area (Å²) in [5.74, 6) is -1.69. The van der Waals surface area contributed by atoms with E-state index in [4.69, 9.17) is 0 Å². The van der Waals surface area contributed by atoms with E-state index in [1.807, 2.05) is 30.3 Å². The Balaban J connectivity index is 0.00000308. The van der Waals surface area contributed by atoms with Gasteiger partial charge in [0.2, 0.25) is 0 Å². The Kier molecular flexibility index (Phi) is 14.9. The van der Waals surface area contributed by atoms with Crippen LogP contribution in [0.4, 0.5) is 8.78 Å². The zero-order valence-electron chi connectivity index (χ0n) is 24.4. The van der Waals surface area contributed by atoms with Crippen LogP contribution in [0.5, 0.6) is 0 Å². The minimum absolute atomic E-state index is 0. The van der Waals surface area contributed by atoms with Crippen molar-refractivity contribution in [2.45, 2.75) is 71.2 Å². The molecule has 1 heterocycles. The van der Waals surface area contributed by atoms with Crippen molar-refractivity contribution < 1.29 is 18.7 Å². The Morgan fingerprint density at radius 3 is 2.40 bits per heavy atom. The lowest BCUT2D eigenvalue weighted by atomic mass is 9.96. The Morgan fingerprint density at radius 2 is 1.69 bits per heavy atom. The molecule has 1 amide bonds. The van der Waals surface area contributed by atoms with Gasteiger partial charge in [0.05, 0.1) is 12.1 Å². The Hall–Kier alpha value is -2.55. The molecule has 0 bridgehead atoms. The van der Waals surface area contributed by atoms with Crippen LogP contribution < -0.4 is 10.6 Å². The number of fused-ring (bicyclic) bond motifs is 1. The fourth-order valence-electron chi connectivity index (χ4n) is 5.31. The van der Waals surface area contributed by atoms with Crippen molar-refractivity contribution in [1.82, 2.24) is 15.5 Å². The smallest absolute Gasteiger partial charge is 0.251 e. The third-order valence-corrected chi connectivity index (χ3v) is 7.63. The molecule has 2 atom stereocenters. The highest BCUT2D eigenvalue weighted by atomic mass is 35.5. The normalized spacial score (nSPS) is 14.2. The molecular formula is C33H43Cl2F2N3O2. The number of carbonyl (C=O) groups is 1. The quantitative estimate of drug-likeness (QED) is 0.218. The SMILES string of the molecule is CCCCN1CCc2ccc(C(=O)N[C@@H](Cc3cc(F)cc(F)c3)[C@@H](O)CNCc3cccc(CC)c3)cc2C1.Cl.Cl. The first-order chi connectivity index (χ1) is 19.3. The van der Waals surface area contributed by atoms with Gasteiger partial charge in [-0.15, -0.1) is 24.8 Å². The predicted octanol–water partition coefficient (Wildman–Crippen LogP) is 6.02. The summed E-state index contributed by atoms with van der Waals surface area (Å²) in [7, 11) is 0. The summed E-state index contributed by atoms with van der Waals surface area (Å²) in [6.45, 7) is 7.92. The second kappa shape index (κ2) is 17.5. The van der Waals surface area contributed by atoms with E-state index >= 15 is 0 Å². The molecule has 0 aromatic heterocycles. The molecule has 0 saturated carbocycles. The van der Waals surface area contributed by atoms with E-state index in [0.29, 0.717) is 17.7 Å². The summed E-state index contributed by atoms with van der Waals surface area (Å²) in [6, 6.07) is 16.5. The van der Waals surface area contributed by atoms with Crippen molar-refractivity contribution in [3.05, 3.63) is 106 Å². The summed E-state index contributed by atoms with van der Waals surface area (Å²) >= 11 is 0. The second-order valence-corrected chi connectivity index (χ2v) is 10.8. The van der Waals surface area contributed by atoms with Gasteiger partial charge in [0.25, 0.3) is 5.91 Å². The first-order valence-electron chi connectivity index (χ1n) is 14.4. The van der Waals surface area contributed by atoms with E-state index in [9.17, 15) is 18.7 Å². The highest BCUT2D eigenvalue weighted by Gasteiger charge is 2.24. The minimum atomic E-state index is -0.980. The number of halogens is 4. The molecule has 4 rings (SSSR count). The molecule has 3 aromatic carbocycles. The summed E-state index contributed by atoms with van der Waals surface area (Å²) in [5, 5.41) is 17.3. The molecule has 1 aliphatic rings. The number of nitrogens with one attached hydrogen (secondary N) is 2. The zero-order chi connectivity index (χ0) is 28.5. The Bertz CT molecular complexity index is 1270. The van der Waals surface area contributed by atoms with Gasteiger partial charge in [0.1, 0.15) is 11.6 Å². The largest absolute Gasteiger partial charge is 0.390 e. The maximum atomic E-state index is 13.9. The first kappa shape index (κ1) is 35.6. The molecule has 0 aliphatic carbocycles. The number of nitrogens with zero attached hydrogens (tertiary/aromatic N) is 1. The highest BCUT2D eigenvalue weighted by molar-refractivity contribution is 5.94. The van der Waals surface area contributed by atoms with E-state index in [0.717, 1.165) is 62.5 Å². The topological polar surface area (TPSA) is 64.6 Å². The van der Waals surface area contributed by atoms with Crippen molar-refractivity contribution in [3.63, 3.8) is 0 Å². The lowest BCUT2D eigenvalue weighted by Gasteiger charge is -2.29. The van der Waals surface area contributed by atoms with Crippen LogP contribution in [0.15, 0.2) is 60.7 Å². The minimum Gasteiger partial charge on any atom is -0.390 e. The second-order valence-electron chi connectivity index (χ2n) is 10.8. The maximum absolute atomic E-state index is 13.9. The molecule has 0 fully saturated rings. The molecule has 5 nitrogen and oxygen atoms in total. The van der Waals surface area contributed by atoms with Gasteiger partial charge in [0.15, 0.2) is 0 Å². The van der Waals surface area contributed by atoms with Gasteiger partial charge >= 0.3 is 0 Å². The van der Waals surface area contributed by atoms with Crippen molar-refractivity contribution in [2.75, 3.05) is 19.6 Å². The van der Waals surface area contributed by atoms with Crippen molar-refractivity contribution in [1.29, 1.82) is 0 Å². The lowest BCUT2D eigenvalue weighted by molar-refractivity contribution is 0.0829. The highest BCUT2D eigenvalue weighted by Crippen LogP contribution is 2.21. The Morgan fingerprint density at radius 1 is 0.952 bits per heavy atom. The van der Waals surface area contributed by atoms with Crippen molar-refractivity contribution in [2.24, 2.45) is 0 Å². The average molecular weight is 623 g/mol. The van der Waals surface area contributed by atoms with Crippen LogP contribution in [-0.2, 0) is 32.4 Å². The summed E-state index contributed by atoms with van der Waals surface area (Å²) in [4.78, 5) is 15.8. The Labute approximate surface area is 260 Å². The molecular weight excluding hydrogens is 579 g/mol. The number of aliphatic hydroxyl groups excluding tert-OH is 1. The molecule has 3 N–H and O–H groups in total. The van der Waals surface area contributed by atoms with E-state index < -0.39 is 23.8 Å². The van der Waals surface area contributed by atoms with Crippen LogP contribution in [0, 0.1) is 11.6 Å². The van der Waals surface area contributed by atoms with E-state index in [1.165, 1.54) is 23.3 Å². The third-order valence-electron chi connectivity index (χ3n) is 7.63. The van der Waals surface area contributed by atoms with Gasteiger partial charge < -0.3 is 15.7 Å². The van der Waals surface area contributed by atoms with Crippen LogP contribution in [0.1, 0.15) is 64.9 Å². The molecule has 0 radical (unpaired) electrons. The first-order valence-corrected chi connectivity index (χ1v) is 14.4. The molecule has 1 aliphatic heterocycles. The fourth-order valence-corrected chi connectivity index (χ4v) is 5.31. The fraction of sp³-hybridized carbons (Fsp3) is 0.424. The summed E-state index contributed by atoms with van der Waals surface area (Å²) in [6.07, 6.45) is 3.30. The van der Waals surface area contributed by atoms with E-state index in [1.54, 1.807) is 0 Å². The van der Waals surface area contributed by atoms with E-state index in [2.05, 4.69) is 41.5 Å². The number of hydrogen-bond donors (Lipinski definition) is 3. The lowest BCUT2D eigenvalue weighted by Crippen LogP contribution is -2.48. The maximum Gasteiger partial charge on any atom is 0.251 e. The number of carbonyl (C=O) groups excluding carboxylic acids is 1. The zero-order valence-corrected chi connectivity index (χ0v) is 26.0. The van der Waals surface area contributed by atoms with Gasteiger partial charge in [-0.2, -0.15) is 0 Å². The monoisotopic (exact) mass is 621 g/mol. The number of rotatable bonds is 13. The van der Waals surface area contributed by atoms with Crippen molar-refractivity contribution in [3.8, 4) is 0 Å². The number of aryl methyl sites for hydroxylation is 1. The van der Waals surface area contributed by atoms with Crippen LogP contribution in [0.2, 0.25) is 0 Å². The molecule has 0 saturated heterocycles. The van der Waals surface area contributed by atoms with Gasteiger partial charge in [0, 0.05) is 37.8 Å². The van der Waals surface area contributed by atoms with Crippen LogP contribution in [0.3, 0.4) is 0 Å². The van der Waals surface area contributed by atoms with Crippen molar-refractivity contribution >= 4 is 30.7 Å². The molecule has 9 heteroatoms. The molecule has 42 heavy (non-hydrogen) atoms. The average Bonchev–Trinajstić information content (AvgIpc) is 2.94. The van der Waals surface area contributed by atoms with Crippen LogP contribution in [0.25, 0.3) is 0 Å². The third kappa shape index (κ3) is 10.3.